The highest BCUT2D eigenvalue weighted by molar-refractivity contribution is 5.80. The van der Waals surface area contributed by atoms with E-state index in [1.165, 1.54) is 6.92 Å². The molecule has 3 rings (SSSR count). The van der Waals surface area contributed by atoms with Crippen molar-refractivity contribution in [2.75, 3.05) is 33.4 Å². The van der Waals surface area contributed by atoms with Crippen LogP contribution >= 0.6 is 0 Å². The maximum Gasteiger partial charge on any atom is 0.249 e. The average molecular weight is 592 g/mol. The first-order valence-electron chi connectivity index (χ1n) is 14.3. The maximum absolute atomic E-state index is 12.7. The molecule has 2 aliphatic heterocycles. The summed E-state index contributed by atoms with van der Waals surface area (Å²) in [6.45, 7) is 3.87. The number of hydrogen-bond acceptors (Lipinski definition) is 14. The van der Waals surface area contributed by atoms with Gasteiger partial charge in [-0.2, -0.15) is 0 Å². The minimum Gasteiger partial charge on any atom is -0.467 e. The Morgan fingerprint density at radius 2 is 1.90 bits per heavy atom. The van der Waals surface area contributed by atoms with Gasteiger partial charge in [-0.3, -0.25) is 4.79 Å². The molecule has 41 heavy (non-hydrogen) atoms. The SMILES string of the molecule is CCCC(O)C(=O)NC1CC(N)C(OC2OC(CNCCO)=CCC2N)C(O)C1OC1OCC(C)(O)C(NC)C1O. The standard InChI is InChI=1S/C26H49N5O10/c1-4-5-17(33)23(36)31-16-10-15(28)20(40-24-14(27)7-6-13(39-24)11-30-8-9-32)18(34)21(16)41-25-19(35)22(29-3)26(2,37)12-38-25/h6,14-22,24-25,29-30,32-35,37H,4-5,7-12,27-28H2,1-3H3,(H,31,36). The molecule has 12 unspecified atom stereocenters. The Bertz CT molecular complexity index is 867. The third-order valence-corrected chi connectivity index (χ3v) is 7.76. The Labute approximate surface area is 240 Å². The molecule has 1 amide bonds. The summed E-state index contributed by atoms with van der Waals surface area (Å²) in [5.74, 6) is -0.0797. The van der Waals surface area contributed by atoms with E-state index < -0.39 is 78.8 Å². The van der Waals surface area contributed by atoms with Crippen LogP contribution in [0.3, 0.4) is 0 Å². The number of hydrogen-bond donors (Lipinski definition) is 10. The lowest BCUT2D eigenvalue weighted by Gasteiger charge is -2.48. The van der Waals surface area contributed by atoms with Gasteiger partial charge in [0.05, 0.1) is 37.9 Å². The minimum absolute atomic E-state index is 0.0313. The van der Waals surface area contributed by atoms with Gasteiger partial charge < -0.3 is 71.9 Å². The van der Waals surface area contributed by atoms with E-state index in [1.807, 2.05) is 13.0 Å². The van der Waals surface area contributed by atoms with Gasteiger partial charge in [0, 0.05) is 12.6 Å². The van der Waals surface area contributed by atoms with Crippen LogP contribution in [0.15, 0.2) is 11.8 Å². The van der Waals surface area contributed by atoms with Crippen molar-refractivity contribution < 1.29 is 49.3 Å². The summed E-state index contributed by atoms with van der Waals surface area (Å²) in [6.07, 6.45) is -5.29. The number of carbonyl (C=O) groups excluding carboxylic acids is 1. The summed E-state index contributed by atoms with van der Waals surface area (Å²) in [5, 5.41) is 60.9. The number of nitrogens with two attached hydrogens (primary N) is 2. The van der Waals surface area contributed by atoms with Crippen LogP contribution in [-0.4, -0.2) is 138 Å². The van der Waals surface area contributed by atoms with Crippen molar-refractivity contribution in [1.29, 1.82) is 0 Å². The number of aliphatic hydroxyl groups excluding tert-OH is 4. The van der Waals surface area contributed by atoms with Crippen molar-refractivity contribution >= 4 is 5.91 Å². The van der Waals surface area contributed by atoms with Crippen LogP contribution in [0.25, 0.3) is 0 Å². The number of rotatable bonds is 13. The van der Waals surface area contributed by atoms with E-state index >= 15 is 0 Å². The first kappa shape index (κ1) is 34.0. The number of amides is 1. The Kier molecular flexibility index (Phi) is 12.7. The number of nitrogens with one attached hydrogen (secondary N) is 3. The number of ether oxygens (including phenoxy) is 4. The molecule has 12 N–H and O–H groups in total. The molecule has 0 radical (unpaired) electrons. The van der Waals surface area contributed by atoms with Crippen LogP contribution < -0.4 is 27.4 Å². The lowest BCUT2D eigenvalue weighted by molar-refractivity contribution is -0.304. The van der Waals surface area contributed by atoms with Gasteiger partial charge in [-0.25, -0.2) is 0 Å². The largest absolute Gasteiger partial charge is 0.467 e. The molecule has 1 saturated heterocycles. The minimum atomic E-state index is -1.43. The number of aliphatic hydroxyl groups is 5. The van der Waals surface area contributed by atoms with Crippen LogP contribution in [0.1, 0.15) is 39.5 Å². The van der Waals surface area contributed by atoms with Crippen LogP contribution in [0.2, 0.25) is 0 Å². The van der Waals surface area contributed by atoms with Crippen LogP contribution in [0.4, 0.5) is 0 Å². The van der Waals surface area contributed by atoms with Gasteiger partial charge in [-0.15, -0.1) is 0 Å². The molecule has 1 saturated carbocycles. The van der Waals surface area contributed by atoms with E-state index in [0.717, 1.165) is 0 Å². The summed E-state index contributed by atoms with van der Waals surface area (Å²) in [6, 6.07) is -3.03. The van der Waals surface area contributed by atoms with Crippen molar-refractivity contribution in [3.63, 3.8) is 0 Å². The highest BCUT2D eigenvalue weighted by Gasteiger charge is 2.51. The summed E-state index contributed by atoms with van der Waals surface area (Å²) in [5.41, 5.74) is 11.3. The molecule has 2 heterocycles. The Balaban J connectivity index is 1.79. The first-order valence-corrected chi connectivity index (χ1v) is 14.3. The first-order chi connectivity index (χ1) is 19.4. The second-order valence-corrected chi connectivity index (χ2v) is 11.3. The lowest BCUT2D eigenvalue weighted by atomic mass is 9.83. The fraction of sp³-hybridized carbons (Fsp3) is 0.885. The average Bonchev–Trinajstić information content (AvgIpc) is 2.91. The van der Waals surface area contributed by atoms with Crippen molar-refractivity contribution in [3.05, 3.63) is 11.8 Å². The molecule has 1 aliphatic carbocycles. The van der Waals surface area contributed by atoms with Gasteiger partial charge in [0.1, 0.15) is 41.9 Å². The summed E-state index contributed by atoms with van der Waals surface area (Å²) in [4.78, 5) is 12.7. The predicted molar refractivity (Wildman–Crippen MR) is 146 cm³/mol. The molecule has 0 aromatic carbocycles. The molecule has 3 aliphatic rings. The normalized spacial score (nSPS) is 40.4. The summed E-state index contributed by atoms with van der Waals surface area (Å²) in [7, 11) is 1.58. The van der Waals surface area contributed by atoms with Gasteiger partial charge in [-0.1, -0.05) is 13.3 Å². The van der Waals surface area contributed by atoms with Gasteiger partial charge >= 0.3 is 0 Å². The van der Waals surface area contributed by atoms with Crippen molar-refractivity contribution in [1.82, 2.24) is 16.0 Å². The third kappa shape index (κ3) is 8.55. The molecule has 0 aromatic heterocycles. The van der Waals surface area contributed by atoms with Crippen molar-refractivity contribution in [2.24, 2.45) is 11.5 Å². The third-order valence-electron chi connectivity index (χ3n) is 7.76. The maximum atomic E-state index is 12.7. The van der Waals surface area contributed by atoms with E-state index in [-0.39, 0.29) is 26.1 Å². The van der Waals surface area contributed by atoms with E-state index in [4.69, 9.17) is 35.5 Å². The van der Waals surface area contributed by atoms with Crippen molar-refractivity contribution in [3.8, 4) is 0 Å². The Hall–Kier alpha value is -1.47. The zero-order valence-corrected chi connectivity index (χ0v) is 24.0. The number of likely N-dealkylation sites (N-methyl/N-ethyl adjacent to an activating group) is 1. The van der Waals surface area contributed by atoms with Gasteiger partial charge in [-0.05, 0) is 39.3 Å². The summed E-state index contributed by atoms with van der Waals surface area (Å²) >= 11 is 0. The van der Waals surface area contributed by atoms with E-state index in [2.05, 4.69) is 16.0 Å². The highest BCUT2D eigenvalue weighted by Crippen LogP contribution is 2.32. The molecule has 0 aromatic rings. The van der Waals surface area contributed by atoms with Gasteiger partial charge in [0.15, 0.2) is 6.29 Å². The second-order valence-electron chi connectivity index (χ2n) is 11.3. The van der Waals surface area contributed by atoms with Gasteiger partial charge in [0.2, 0.25) is 12.2 Å². The lowest BCUT2D eigenvalue weighted by Crippen LogP contribution is -2.69. The molecular weight excluding hydrogens is 542 g/mol. The quantitative estimate of drug-likeness (QED) is 0.0921. The van der Waals surface area contributed by atoms with Crippen LogP contribution in [0, 0.1) is 0 Å². The molecule has 15 heteroatoms. The van der Waals surface area contributed by atoms with Crippen molar-refractivity contribution in [2.45, 2.75) is 112 Å². The Morgan fingerprint density at radius 1 is 1.20 bits per heavy atom. The topological polar surface area (TPSA) is 243 Å². The van der Waals surface area contributed by atoms with E-state index in [0.29, 0.717) is 31.7 Å². The fourth-order valence-electron chi connectivity index (χ4n) is 5.49. The van der Waals surface area contributed by atoms with E-state index in [9.17, 15) is 25.2 Å². The molecule has 2 fully saturated rings. The molecule has 0 spiro atoms. The molecule has 15 nitrogen and oxygen atoms in total. The fourth-order valence-corrected chi connectivity index (χ4v) is 5.49. The zero-order chi connectivity index (χ0) is 30.3. The molecular formula is C26H49N5O10. The van der Waals surface area contributed by atoms with Crippen LogP contribution in [-0.2, 0) is 23.7 Å². The number of carbonyl (C=O) groups is 1. The monoisotopic (exact) mass is 591 g/mol. The predicted octanol–water partition coefficient (Wildman–Crippen LogP) is -3.91. The van der Waals surface area contributed by atoms with E-state index in [1.54, 1.807) is 7.05 Å². The zero-order valence-electron chi connectivity index (χ0n) is 24.0. The van der Waals surface area contributed by atoms with Gasteiger partial charge in [0.25, 0.3) is 0 Å². The van der Waals surface area contributed by atoms with Crippen LogP contribution in [0.5, 0.6) is 0 Å². The Morgan fingerprint density at radius 3 is 2.56 bits per heavy atom. The smallest absolute Gasteiger partial charge is 0.249 e. The molecule has 0 bridgehead atoms. The second kappa shape index (κ2) is 15.3. The molecule has 12 atom stereocenters. The molecule has 238 valence electrons. The highest BCUT2D eigenvalue weighted by atomic mass is 16.7. The summed E-state index contributed by atoms with van der Waals surface area (Å²) < 4.78 is 23.8.